The van der Waals surface area contributed by atoms with Crippen molar-refractivity contribution < 1.29 is 19.4 Å². The van der Waals surface area contributed by atoms with Crippen LogP contribution in [0, 0.1) is 13.8 Å². The molecule has 1 aliphatic heterocycles. The third kappa shape index (κ3) is 4.03. The molecule has 27 heavy (non-hydrogen) atoms. The zero-order chi connectivity index (χ0) is 19.6. The molecule has 0 bridgehead atoms. The van der Waals surface area contributed by atoms with Gasteiger partial charge in [0.2, 0.25) is 0 Å². The first-order valence-corrected chi connectivity index (χ1v) is 9.10. The fourth-order valence-corrected chi connectivity index (χ4v) is 3.46. The molecule has 1 aromatic heterocycles. The number of hydrogen-bond donors (Lipinski definition) is 1. The molecule has 1 unspecified atom stereocenters. The van der Waals surface area contributed by atoms with Gasteiger partial charge in [0, 0.05) is 31.3 Å². The lowest BCUT2D eigenvalue weighted by molar-refractivity contribution is -0.136. The molecule has 0 aliphatic carbocycles. The number of carbonyl (C=O) groups excluding carboxylic acids is 1. The van der Waals surface area contributed by atoms with Crippen molar-refractivity contribution in [2.45, 2.75) is 39.2 Å². The van der Waals surface area contributed by atoms with Crippen LogP contribution in [0.25, 0.3) is 5.69 Å². The Balaban J connectivity index is 1.78. The SMILES string of the molecule is Cc1nn(-c2ccc(C(=O)N(C)C3CCOC3)cc2)c(C)c1CCC(=O)O. The van der Waals surface area contributed by atoms with E-state index in [2.05, 4.69) is 5.10 Å². The highest BCUT2D eigenvalue weighted by atomic mass is 16.5. The minimum atomic E-state index is -0.818. The van der Waals surface area contributed by atoms with Crippen molar-refractivity contribution >= 4 is 11.9 Å². The van der Waals surface area contributed by atoms with Gasteiger partial charge in [-0.1, -0.05) is 0 Å². The van der Waals surface area contributed by atoms with Gasteiger partial charge in [0.1, 0.15) is 0 Å². The first kappa shape index (κ1) is 19.1. The summed E-state index contributed by atoms with van der Waals surface area (Å²) in [5.41, 5.74) is 4.18. The molecule has 3 rings (SSSR count). The molecular weight excluding hydrogens is 346 g/mol. The van der Waals surface area contributed by atoms with E-state index in [1.54, 1.807) is 21.7 Å². The average Bonchev–Trinajstić information content (AvgIpc) is 3.28. The summed E-state index contributed by atoms with van der Waals surface area (Å²) in [4.78, 5) is 25.2. The van der Waals surface area contributed by atoms with Gasteiger partial charge in [0.25, 0.3) is 5.91 Å². The van der Waals surface area contributed by atoms with E-state index in [4.69, 9.17) is 9.84 Å². The van der Waals surface area contributed by atoms with Crippen LogP contribution in [0.1, 0.15) is 40.2 Å². The van der Waals surface area contributed by atoms with Crippen LogP contribution >= 0.6 is 0 Å². The van der Waals surface area contributed by atoms with E-state index in [0.29, 0.717) is 25.2 Å². The monoisotopic (exact) mass is 371 g/mol. The minimum absolute atomic E-state index is 0.0208. The van der Waals surface area contributed by atoms with Crippen molar-refractivity contribution in [2.75, 3.05) is 20.3 Å². The standard InChI is InChI=1S/C20H25N3O4/c1-13-18(8-9-19(24)25)14(2)23(21-13)16-6-4-15(5-7-16)20(26)22(3)17-10-11-27-12-17/h4-7,17H,8-12H2,1-3H3,(H,24,25). The van der Waals surface area contributed by atoms with E-state index in [-0.39, 0.29) is 18.4 Å². The zero-order valence-electron chi connectivity index (χ0n) is 15.9. The third-order valence-corrected chi connectivity index (χ3v) is 5.16. The van der Waals surface area contributed by atoms with Gasteiger partial charge in [-0.3, -0.25) is 9.59 Å². The Bertz CT molecular complexity index is 836. The van der Waals surface area contributed by atoms with Gasteiger partial charge in [-0.05, 0) is 56.5 Å². The molecule has 1 N–H and O–H groups in total. The number of amides is 1. The molecule has 1 amide bonds. The molecule has 1 aliphatic rings. The van der Waals surface area contributed by atoms with Crippen molar-refractivity contribution in [1.29, 1.82) is 0 Å². The van der Waals surface area contributed by atoms with Gasteiger partial charge in [0.15, 0.2) is 0 Å². The van der Waals surface area contributed by atoms with Crippen LogP contribution in [0.2, 0.25) is 0 Å². The van der Waals surface area contributed by atoms with Crippen molar-refractivity contribution in [3.05, 3.63) is 46.8 Å². The Labute approximate surface area is 158 Å². The first-order chi connectivity index (χ1) is 12.9. The molecule has 1 fully saturated rings. The second kappa shape index (κ2) is 7.92. The number of carbonyl (C=O) groups is 2. The Morgan fingerprint density at radius 2 is 2.00 bits per heavy atom. The van der Waals surface area contributed by atoms with E-state index < -0.39 is 5.97 Å². The van der Waals surface area contributed by atoms with Crippen molar-refractivity contribution in [3.63, 3.8) is 0 Å². The van der Waals surface area contributed by atoms with Crippen LogP contribution in [0.4, 0.5) is 0 Å². The summed E-state index contributed by atoms with van der Waals surface area (Å²) in [6.45, 7) is 5.11. The zero-order valence-corrected chi connectivity index (χ0v) is 15.9. The summed E-state index contributed by atoms with van der Waals surface area (Å²) in [5, 5.41) is 13.5. The number of benzene rings is 1. The molecule has 144 valence electrons. The number of nitrogens with zero attached hydrogens (tertiary/aromatic N) is 3. The fourth-order valence-electron chi connectivity index (χ4n) is 3.46. The molecule has 2 aromatic rings. The van der Waals surface area contributed by atoms with Crippen molar-refractivity contribution in [1.82, 2.24) is 14.7 Å². The summed E-state index contributed by atoms with van der Waals surface area (Å²) >= 11 is 0. The Morgan fingerprint density at radius 3 is 2.59 bits per heavy atom. The minimum Gasteiger partial charge on any atom is -0.481 e. The number of carboxylic acid groups (broad SMARTS) is 1. The fraction of sp³-hybridized carbons (Fsp3) is 0.450. The normalized spacial score (nSPS) is 16.5. The smallest absolute Gasteiger partial charge is 0.303 e. The molecule has 1 saturated heterocycles. The molecule has 7 heteroatoms. The third-order valence-electron chi connectivity index (χ3n) is 5.16. The molecule has 1 atom stereocenters. The van der Waals surface area contributed by atoms with Gasteiger partial charge in [-0.2, -0.15) is 5.10 Å². The van der Waals surface area contributed by atoms with Crippen LogP contribution in [0.5, 0.6) is 0 Å². The van der Waals surface area contributed by atoms with E-state index >= 15 is 0 Å². The Hall–Kier alpha value is -2.67. The molecule has 0 saturated carbocycles. The summed E-state index contributed by atoms with van der Waals surface area (Å²) in [5.74, 6) is -0.839. The highest BCUT2D eigenvalue weighted by Crippen LogP contribution is 2.21. The van der Waals surface area contributed by atoms with Crippen LogP contribution in [0.3, 0.4) is 0 Å². The number of aryl methyl sites for hydroxylation is 1. The van der Waals surface area contributed by atoms with E-state index in [1.165, 1.54) is 0 Å². The second-order valence-electron chi connectivity index (χ2n) is 6.94. The predicted octanol–water partition coefficient (Wildman–Crippen LogP) is 2.37. The van der Waals surface area contributed by atoms with Crippen molar-refractivity contribution in [3.8, 4) is 5.69 Å². The number of ether oxygens (including phenoxy) is 1. The van der Waals surface area contributed by atoms with E-state index in [0.717, 1.165) is 29.1 Å². The maximum absolute atomic E-state index is 12.6. The molecule has 1 aromatic carbocycles. The van der Waals surface area contributed by atoms with E-state index in [1.807, 2.05) is 33.0 Å². The van der Waals surface area contributed by atoms with Gasteiger partial charge >= 0.3 is 5.97 Å². The van der Waals surface area contributed by atoms with Gasteiger partial charge < -0.3 is 14.7 Å². The first-order valence-electron chi connectivity index (χ1n) is 9.10. The topological polar surface area (TPSA) is 84.7 Å². The number of hydrogen-bond acceptors (Lipinski definition) is 4. The van der Waals surface area contributed by atoms with Gasteiger partial charge in [-0.15, -0.1) is 0 Å². The largest absolute Gasteiger partial charge is 0.481 e. The maximum atomic E-state index is 12.6. The average molecular weight is 371 g/mol. The van der Waals surface area contributed by atoms with Crippen LogP contribution in [0.15, 0.2) is 24.3 Å². The summed E-state index contributed by atoms with van der Waals surface area (Å²) in [7, 11) is 1.81. The molecular formula is C20H25N3O4. The van der Waals surface area contributed by atoms with Crippen molar-refractivity contribution in [2.24, 2.45) is 0 Å². The Morgan fingerprint density at radius 1 is 1.30 bits per heavy atom. The quantitative estimate of drug-likeness (QED) is 0.843. The molecule has 0 spiro atoms. The summed E-state index contributed by atoms with van der Waals surface area (Å²) < 4.78 is 7.16. The number of aliphatic carboxylic acids is 1. The summed E-state index contributed by atoms with van der Waals surface area (Å²) in [6, 6.07) is 7.47. The van der Waals surface area contributed by atoms with Gasteiger partial charge in [0.05, 0.1) is 24.0 Å². The maximum Gasteiger partial charge on any atom is 0.303 e. The lowest BCUT2D eigenvalue weighted by Crippen LogP contribution is -2.37. The lowest BCUT2D eigenvalue weighted by Gasteiger charge is -2.23. The molecule has 2 heterocycles. The highest BCUT2D eigenvalue weighted by Gasteiger charge is 2.25. The number of rotatable bonds is 6. The second-order valence-corrected chi connectivity index (χ2v) is 6.94. The molecule has 0 radical (unpaired) electrons. The van der Waals surface area contributed by atoms with Crippen LogP contribution in [-0.2, 0) is 16.0 Å². The van der Waals surface area contributed by atoms with Gasteiger partial charge in [-0.25, -0.2) is 4.68 Å². The Kier molecular flexibility index (Phi) is 5.60. The van der Waals surface area contributed by atoms with Crippen LogP contribution < -0.4 is 0 Å². The van der Waals surface area contributed by atoms with E-state index in [9.17, 15) is 9.59 Å². The number of likely N-dealkylation sites (N-methyl/N-ethyl adjacent to an activating group) is 1. The molecule has 7 nitrogen and oxygen atoms in total. The number of carboxylic acids is 1. The number of aromatic nitrogens is 2. The highest BCUT2D eigenvalue weighted by molar-refractivity contribution is 5.94. The summed E-state index contributed by atoms with van der Waals surface area (Å²) in [6.07, 6.45) is 1.40. The lowest BCUT2D eigenvalue weighted by atomic mass is 10.1. The van der Waals surface area contributed by atoms with Crippen LogP contribution in [-0.4, -0.2) is 58.0 Å². The predicted molar refractivity (Wildman–Crippen MR) is 100 cm³/mol.